The molecule has 2 aliphatic rings. The molecule has 1 heterocycles. The summed E-state index contributed by atoms with van der Waals surface area (Å²) in [5.41, 5.74) is 2.90. The van der Waals surface area contributed by atoms with Gasteiger partial charge in [0.15, 0.2) is 0 Å². The molecule has 1 aliphatic carbocycles. The number of nitrogens with one attached hydrogen (secondary N) is 1. The molecule has 1 saturated heterocycles. The minimum absolute atomic E-state index is 0.777. The second kappa shape index (κ2) is 6.95. The lowest BCUT2D eigenvalue weighted by molar-refractivity contribution is 0.554. The van der Waals surface area contributed by atoms with Crippen molar-refractivity contribution < 1.29 is 0 Å². The van der Waals surface area contributed by atoms with Crippen molar-refractivity contribution in [2.45, 2.75) is 57.5 Å². The van der Waals surface area contributed by atoms with E-state index in [-0.39, 0.29) is 0 Å². The first kappa shape index (κ1) is 14.4. The van der Waals surface area contributed by atoms with Crippen LogP contribution in [0.5, 0.6) is 0 Å². The van der Waals surface area contributed by atoms with Gasteiger partial charge in [-0.15, -0.1) is 0 Å². The summed E-state index contributed by atoms with van der Waals surface area (Å²) in [6.07, 6.45) is 9.58. The second-order valence-electron chi connectivity index (χ2n) is 6.18. The van der Waals surface area contributed by atoms with Crippen LogP contribution in [0.3, 0.4) is 0 Å². The zero-order valence-electron chi connectivity index (χ0n) is 12.2. The van der Waals surface area contributed by atoms with Gasteiger partial charge in [-0.2, -0.15) is 0 Å². The molecule has 3 rings (SSSR count). The minimum Gasteiger partial charge on any atom is -0.371 e. The molecule has 1 aliphatic heterocycles. The molecule has 0 aromatic heterocycles. The molecule has 0 unspecified atom stereocenters. The molecule has 0 bridgehead atoms. The molecule has 2 fully saturated rings. The fourth-order valence-electron chi connectivity index (χ4n) is 3.01. The molecule has 1 aromatic rings. The Morgan fingerprint density at radius 3 is 2.45 bits per heavy atom. The Kier molecular flexibility index (Phi) is 5.00. The molecule has 0 spiro atoms. The van der Waals surface area contributed by atoms with Crippen molar-refractivity contribution in [2.24, 2.45) is 0 Å². The number of anilines is 1. The lowest BCUT2D eigenvalue weighted by Gasteiger charge is -2.29. The maximum absolute atomic E-state index is 3.66. The van der Waals surface area contributed by atoms with Crippen LogP contribution in [-0.2, 0) is 6.54 Å². The monoisotopic (exact) mass is 336 g/mol. The summed E-state index contributed by atoms with van der Waals surface area (Å²) in [5.74, 6) is 0. The number of nitrogens with zero attached hydrogens (tertiary/aromatic N) is 1. The molecule has 110 valence electrons. The van der Waals surface area contributed by atoms with Gasteiger partial charge in [-0.05, 0) is 43.4 Å². The van der Waals surface area contributed by atoms with Crippen molar-refractivity contribution in [2.75, 3.05) is 18.0 Å². The number of halogens is 1. The largest absolute Gasteiger partial charge is 0.371 e. The minimum atomic E-state index is 0.777. The fraction of sp³-hybridized carbons (Fsp3) is 0.647. The van der Waals surface area contributed by atoms with Crippen molar-refractivity contribution in [1.29, 1.82) is 0 Å². The van der Waals surface area contributed by atoms with Gasteiger partial charge in [-0.25, -0.2) is 0 Å². The first-order valence-corrected chi connectivity index (χ1v) is 8.89. The van der Waals surface area contributed by atoms with Crippen LogP contribution in [0.4, 0.5) is 5.69 Å². The van der Waals surface area contributed by atoms with Crippen molar-refractivity contribution in [3.8, 4) is 0 Å². The van der Waals surface area contributed by atoms with E-state index in [1.807, 2.05) is 0 Å². The molecular weight excluding hydrogens is 312 g/mol. The maximum atomic E-state index is 3.66. The Labute approximate surface area is 131 Å². The van der Waals surface area contributed by atoms with E-state index in [1.165, 1.54) is 73.8 Å². The molecule has 1 N–H and O–H groups in total. The number of rotatable bonds is 4. The highest BCUT2D eigenvalue weighted by atomic mass is 79.9. The van der Waals surface area contributed by atoms with Crippen LogP contribution in [0.15, 0.2) is 22.7 Å². The van der Waals surface area contributed by atoms with Crippen LogP contribution < -0.4 is 10.2 Å². The average molecular weight is 337 g/mol. The Morgan fingerprint density at radius 1 is 1.05 bits per heavy atom. The Hall–Kier alpha value is -0.540. The molecule has 3 heteroatoms. The summed E-state index contributed by atoms with van der Waals surface area (Å²) in [6, 6.07) is 7.55. The normalized spacial score (nSPS) is 20.6. The van der Waals surface area contributed by atoms with Crippen LogP contribution in [0.25, 0.3) is 0 Å². The van der Waals surface area contributed by atoms with Gasteiger partial charge in [0, 0.05) is 35.8 Å². The van der Waals surface area contributed by atoms with Crippen LogP contribution in [0, 0.1) is 0 Å². The van der Waals surface area contributed by atoms with Crippen molar-refractivity contribution in [3.05, 3.63) is 28.2 Å². The zero-order valence-corrected chi connectivity index (χ0v) is 13.8. The van der Waals surface area contributed by atoms with E-state index in [1.54, 1.807) is 0 Å². The van der Waals surface area contributed by atoms with E-state index in [0.717, 1.165) is 12.6 Å². The molecule has 0 atom stereocenters. The molecular formula is C17H25BrN2. The van der Waals surface area contributed by atoms with Gasteiger partial charge < -0.3 is 10.2 Å². The summed E-state index contributed by atoms with van der Waals surface area (Å²) in [6.45, 7) is 3.45. The zero-order chi connectivity index (χ0) is 13.8. The molecule has 2 nitrogen and oxygen atoms in total. The van der Waals surface area contributed by atoms with E-state index in [2.05, 4.69) is 44.3 Å². The summed E-state index contributed by atoms with van der Waals surface area (Å²) in [7, 11) is 0. The van der Waals surface area contributed by atoms with E-state index >= 15 is 0 Å². The van der Waals surface area contributed by atoms with Crippen LogP contribution in [-0.4, -0.2) is 19.1 Å². The lowest BCUT2D eigenvalue weighted by Crippen LogP contribution is -2.29. The SMILES string of the molecule is Brc1ccc(CNC2CC2)c(N2CCCCCCC2)c1. The molecule has 1 saturated carbocycles. The number of hydrogen-bond acceptors (Lipinski definition) is 2. The second-order valence-corrected chi connectivity index (χ2v) is 7.10. The standard InChI is InChI=1S/C17H25BrN2/c18-15-7-6-14(13-19-16-8-9-16)17(12-15)20-10-4-2-1-3-5-11-20/h6-7,12,16,19H,1-5,8-11,13H2. The van der Waals surface area contributed by atoms with Gasteiger partial charge in [-0.1, -0.05) is 41.3 Å². The summed E-state index contributed by atoms with van der Waals surface area (Å²) in [4.78, 5) is 2.60. The van der Waals surface area contributed by atoms with Gasteiger partial charge in [0.2, 0.25) is 0 Å². The molecule has 20 heavy (non-hydrogen) atoms. The average Bonchev–Trinajstić information content (AvgIpc) is 3.21. The Bertz CT molecular complexity index is 435. The van der Waals surface area contributed by atoms with Gasteiger partial charge >= 0.3 is 0 Å². The fourth-order valence-corrected chi connectivity index (χ4v) is 3.36. The van der Waals surface area contributed by atoms with Crippen LogP contribution in [0.1, 0.15) is 50.5 Å². The van der Waals surface area contributed by atoms with Crippen molar-refractivity contribution in [3.63, 3.8) is 0 Å². The number of benzene rings is 1. The Balaban J connectivity index is 1.74. The molecule has 0 radical (unpaired) electrons. The molecule has 0 amide bonds. The smallest absolute Gasteiger partial charge is 0.0423 e. The van der Waals surface area contributed by atoms with E-state index in [9.17, 15) is 0 Å². The third kappa shape index (κ3) is 3.98. The highest BCUT2D eigenvalue weighted by Gasteiger charge is 2.21. The quantitative estimate of drug-likeness (QED) is 0.872. The molecule has 1 aromatic carbocycles. The predicted molar refractivity (Wildman–Crippen MR) is 89.3 cm³/mol. The predicted octanol–water partition coefficient (Wildman–Crippen LogP) is 4.47. The van der Waals surface area contributed by atoms with Gasteiger partial charge in [0.05, 0.1) is 0 Å². The van der Waals surface area contributed by atoms with E-state index < -0.39 is 0 Å². The van der Waals surface area contributed by atoms with E-state index in [0.29, 0.717) is 0 Å². The van der Waals surface area contributed by atoms with E-state index in [4.69, 9.17) is 0 Å². The summed E-state index contributed by atoms with van der Waals surface area (Å²) < 4.78 is 1.20. The first-order chi connectivity index (χ1) is 9.83. The van der Waals surface area contributed by atoms with Crippen molar-refractivity contribution >= 4 is 21.6 Å². The van der Waals surface area contributed by atoms with Gasteiger partial charge in [0.25, 0.3) is 0 Å². The Morgan fingerprint density at radius 2 is 1.75 bits per heavy atom. The number of hydrogen-bond donors (Lipinski definition) is 1. The van der Waals surface area contributed by atoms with Gasteiger partial charge in [0.1, 0.15) is 0 Å². The van der Waals surface area contributed by atoms with Crippen molar-refractivity contribution in [1.82, 2.24) is 5.32 Å². The summed E-state index contributed by atoms with van der Waals surface area (Å²) >= 11 is 3.64. The first-order valence-electron chi connectivity index (χ1n) is 8.10. The third-order valence-electron chi connectivity index (χ3n) is 4.40. The topological polar surface area (TPSA) is 15.3 Å². The maximum Gasteiger partial charge on any atom is 0.0423 e. The van der Waals surface area contributed by atoms with Crippen LogP contribution in [0.2, 0.25) is 0 Å². The highest BCUT2D eigenvalue weighted by Crippen LogP contribution is 2.28. The lowest BCUT2D eigenvalue weighted by atomic mass is 10.1. The third-order valence-corrected chi connectivity index (χ3v) is 4.90. The van der Waals surface area contributed by atoms with Gasteiger partial charge in [-0.3, -0.25) is 0 Å². The van der Waals surface area contributed by atoms with Crippen LogP contribution >= 0.6 is 15.9 Å². The summed E-state index contributed by atoms with van der Waals surface area (Å²) in [5, 5.41) is 3.66. The highest BCUT2D eigenvalue weighted by molar-refractivity contribution is 9.10.